The lowest BCUT2D eigenvalue weighted by molar-refractivity contribution is -0.122. The first-order valence-electron chi connectivity index (χ1n) is 8.26. The van der Waals surface area contributed by atoms with Gasteiger partial charge in [-0.15, -0.1) is 11.3 Å². The van der Waals surface area contributed by atoms with Crippen molar-refractivity contribution in [3.8, 4) is 0 Å². The van der Waals surface area contributed by atoms with Crippen molar-refractivity contribution in [2.45, 2.75) is 25.4 Å². The second-order valence-electron chi connectivity index (χ2n) is 6.17. The Morgan fingerprint density at radius 3 is 2.40 bits per heavy atom. The first-order chi connectivity index (χ1) is 12.0. The Balaban J connectivity index is 1.96. The number of benzene rings is 1. The quantitative estimate of drug-likeness (QED) is 0.762. The maximum absolute atomic E-state index is 12.4. The van der Waals surface area contributed by atoms with Crippen molar-refractivity contribution < 1.29 is 9.59 Å². The molecule has 0 aliphatic carbocycles. The summed E-state index contributed by atoms with van der Waals surface area (Å²) in [5.74, 6) is -0.211. The molecule has 1 aromatic carbocycles. The van der Waals surface area contributed by atoms with Crippen LogP contribution in [0.15, 0.2) is 47.8 Å². The molecular formula is C19H25N3O2S. The zero-order valence-electron chi connectivity index (χ0n) is 14.9. The average molecular weight is 359 g/mol. The van der Waals surface area contributed by atoms with E-state index >= 15 is 0 Å². The lowest BCUT2D eigenvalue weighted by Gasteiger charge is -2.25. The Labute approximate surface area is 153 Å². The molecule has 1 aromatic heterocycles. The molecule has 2 atom stereocenters. The molecule has 0 spiro atoms. The van der Waals surface area contributed by atoms with Crippen LogP contribution in [0.4, 0.5) is 0 Å². The third-order valence-corrected chi connectivity index (χ3v) is 4.94. The number of nitrogens with zero attached hydrogens (tertiary/aromatic N) is 1. The van der Waals surface area contributed by atoms with Crippen LogP contribution in [0.5, 0.6) is 0 Å². The molecule has 25 heavy (non-hydrogen) atoms. The van der Waals surface area contributed by atoms with Crippen molar-refractivity contribution >= 4 is 23.2 Å². The van der Waals surface area contributed by atoms with E-state index in [0.29, 0.717) is 6.54 Å². The minimum Gasteiger partial charge on any atom is -0.354 e. The van der Waals surface area contributed by atoms with Crippen LogP contribution in [0, 0.1) is 0 Å². The lowest BCUT2D eigenvalue weighted by atomic mass is 10.1. The molecule has 6 heteroatoms. The van der Waals surface area contributed by atoms with Crippen molar-refractivity contribution in [3.05, 3.63) is 58.3 Å². The molecule has 0 bridgehead atoms. The number of carbonyl (C=O) groups is 2. The van der Waals surface area contributed by atoms with Crippen LogP contribution in [0.25, 0.3) is 0 Å². The van der Waals surface area contributed by atoms with Gasteiger partial charge in [0, 0.05) is 18.3 Å². The minimum absolute atomic E-state index is 0.0741. The Morgan fingerprint density at radius 2 is 1.84 bits per heavy atom. The normalized spacial score (nSPS) is 13.3. The van der Waals surface area contributed by atoms with Crippen molar-refractivity contribution in [1.29, 1.82) is 0 Å². The third-order valence-electron chi connectivity index (χ3n) is 3.95. The zero-order valence-corrected chi connectivity index (χ0v) is 15.7. The molecule has 2 aromatic rings. The highest BCUT2D eigenvalue weighted by molar-refractivity contribution is 7.10. The number of carbonyl (C=O) groups excluding carboxylic acids is 2. The van der Waals surface area contributed by atoms with E-state index in [0.717, 1.165) is 10.4 Å². The van der Waals surface area contributed by atoms with Crippen LogP contribution in [-0.2, 0) is 9.59 Å². The molecule has 0 radical (unpaired) electrons. The van der Waals surface area contributed by atoms with E-state index in [4.69, 9.17) is 0 Å². The van der Waals surface area contributed by atoms with Gasteiger partial charge in [-0.2, -0.15) is 0 Å². The summed E-state index contributed by atoms with van der Waals surface area (Å²) in [6.45, 7) is 1.99. The Hall–Kier alpha value is -2.18. The van der Waals surface area contributed by atoms with E-state index in [1.807, 2.05) is 49.8 Å². The van der Waals surface area contributed by atoms with Crippen LogP contribution in [0.2, 0.25) is 0 Å². The summed E-state index contributed by atoms with van der Waals surface area (Å²) in [6, 6.07) is 13.8. The summed E-state index contributed by atoms with van der Waals surface area (Å²) in [5, 5.41) is 7.80. The van der Waals surface area contributed by atoms with Crippen LogP contribution in [-0.4, -0.2) is 37.4 Å². The van der Waals surface area contributed by atoms with E-state index < -0.39 is 0 Å². The number of hydrogen-bond acceptors (Lipinski definition) is 4. The molecule has 0 fully saturated rings. The van der Waals surface area contributed by atoms with Crippen molar-refractivity contribution in [3.63, 3.8) is 0 Å². The van der Waals surface area contributed by atoms with Crippen molar-refractivity contribution in [2.24, 2.45) is 0 Å². The summed E-state index contributed by atoms with van der Waals surface area (Å²) >= 11 is 1.54. The molecule has 134 valence electrons. The molecule has 1 heterocycles. The number of amides is 2. The predicted octanol–water partition coefficient (Wildman–Crippen LogP) is 2.73. The number of likely N-dealkylation sites (N-methyl/N-ethyl adjacent to an activating group) is 1. The molecule has 2 amide bonds. The fourth-order valence-corrected chi connectivity index (χ4v) is 3.48. The summed E-state index contributed by atoms with van der Waals surface area (Å²) in [4.78, 5) is 26.9. The monoisotopic (exact) mass is 359 g/mol. The van der Waals surface area contributed by atoms with Crippen LogP contribution < -0.4 is 10.6 Å². The minimum atomic E-state index is -0.285. The molecule has 5 nitrogen and oxygen atoms in total. The van der Waals surface area contributed by atoms with E-state index in [1.165, 1.54) is 18.3 Å². The molecular weight excluding hydrogens is 334 g/mol. The highest BCUT2D eigenvalue weighted by Gasteiger charge is 2.20. The van der Waals surface area contributed by atoms with Gasteiger partial charge in [0.25, 0.3) is 0 Å². The van der Waals surface area contributed by atoms with Crippen LogP contribution >= 0.6 is 11.3 Å². The maximum Gasteiger partial charge on any atom is 0.222 e. The average Bonchev–Trinajstić information content (AvgIpc) is 3.09. The fraction of sp³-hybridized carbons (Fsp3) is 0.368. The molecule has 0 aliphatic heterocycles. The van der Waals surface area contributed by atoms with Crippen molar-refractivity contribution in [1.82, 2.24) is 15.5 Å². The van der Waals surface area contributed by atoms with Crippen LogP contribution in [0.1, 0.15) is 35.9 Å². The van der Waals surface area contributed by atoms with Gasteiger partial charge in [0.15, 0.2) is 0 Å². The van der Waals surface area contributed by atoms with Crippen LogP contribution in [0.3, 0.4) is 0 Å². The fourth-order valence-electron chi connectivity index (χ4n) is 2.70. The van der Waals surface area contributed by atoms with Gasteiger partial charge >= 0.3 is 0 Å². The van der Waals surface area contributed by atoms with Gasteiger partial charge in [-0.1, -0.05) is 36.4 Å². The molecule has 2 rings (SSSR count). The van der Waals surface area contributed by atoms with Gasteiger partial charge < -0.3 is 15.5 Å². The Morgan fingerprint density at radius 1 is 1.12 bits per heavy atom. The Kier molecular flexibility index (Phi) is 7.16. The smallest absolute Gasteiger partial charge is 0.222 e. The highest BCUT2D eigenvalue weighted by Crippen LogP contribution is 2.22. The number of hydrogen-bond donors (Lipinski definition) is 2. The number of rotatable bonds is 8. The van der Waals surface area contributed by atoms with E-state index in [-0.39, 0.29) is 30.3 Å². The molecule has 0 aliphatic rings. The summed E-state index contributed by atoms with van der Waals surface area (Å²) in [7, 11) is 3.99. The largest absolute Gasteiger partial charge is 0.354 e. The van der Waals surface area contributed by atoms with Gasteiger partial charge in [0.2, 0.25) is 11.8 Å². The standard InChI is InChI=1S/C19H25N3O2S/c1-14(23)21-16(18-10-7-11-25-18)12-19(24)20-13-17(22(2)3)15-8-5-4-6-9-15/h4-11,16-17H,12-13H2,1-3H3,(H,20,24)(H,21,23). The number of nitrogens with one attached hydrogen (secondary N) is 2. The molecule has 2 unspecified atom stereocenters. The topological polar surface area (TPSA) is 61.4 Å². The van der Waals surface area contributed by atoms with Crippen molar-refractivity contribution in [2.75, 3.05) is 20.6 Å². The molecule has 2 N–H and O–H groups in total. The van der Waals surface area contributed by atoms with Gasteiger partial charge in [0.05, 0.1) is 18.5 Å². The Bertz CT molecular complexity index is 671. The maximum atomic E-state index is 12.4. The first-order valence-corrected chi connectivity index (χ1v) is 9.14. The third kappa shape index (κ3) is 5.99. The second kappa shape index (κ2) is 9.34. The number of thiophene rings is 1. The van der Waals surface area contributed by atoms with Gasteiger partial charge in [-0.05, 0) is 31.1 Å². The summed E-state index contributed by atoms with van der Waals surface area (Å²) < 4.78 is 0. The molecule has 0 saturated carbocycles. The first kappa shape index (κ1) is 19.1. The van der Waals surface area contributed by atoms with Gasteiger partial charge in [-0.3, -0.25) is 9.59 Å². The lowest BCUT2D eigenvalue weighted by Crippen LogP contribution is -2.37. The summed E-state index contributed by atoms with van der Waals surface area (Å²) in [5.41, 5.74) is 1.16. The summed E-state index contributed by atoms with van der Waals surface area (Å²) in [6.07, 6.45) is 0.231. The van der Waals surface area contributed by atoms with Gasteiger partial charge in [0.1, 0.15) is 0 Å². The predicted molar refractivity (Wildman–Crippen MR) is 101 cm³/mol. The van der Waals surface area contributed by atoms with E-state index in [2.05, 4.69) is 27.7 Å². The van der Waals surface area contributed by atoms with E-state index in [1.54, 1.807) is 0 Å². The SMILES string of the molecule is CC(=O)NC(CC(=O)NCC(c1ccccc1)N(C)C)c1cccs1. The molecule has 0 saturated heterocycles. The van der Waals surface area contributed by atoms with Gasteiger partial charge in [-0.25, -0.2) is 0 Å². The zero-order chi connectivity index (χ0) is 18.2. The highest BCUT2D eigenvalue weighted by atomic mass is 32.1. The second-order valence-corrected chi connectivity index (χ2v) is 7.15. The van der Waals surface area contributed by atoms with E-state index in [9.17, 15) is 9.59 Å².